The predicted molar refractivity (Wildman–Crippen MR) is 68.9 cm³/mol. The molecule has 0 aliphatic carbocycles. The third-order valence-corrected chi connectivity index (χ3v) is 2.54. The van der Waals surface area contributed by atoms with Crippen molar-refractivity contribution >= 4 is 11.6 Å². The maximum Gasteiger partial charge on any atom is 0.255 e. The molecule has 0 saturated heterocycles. The second kappa shape index (κ2) is 4.79. The van der Waals surface area contributed by atoms with Crippen LogP contribution >= 0.6 is 0 Å². The van der Waals surface area contributed by atoms with Gasteiger partial charge in [-0.3, -0.25) is 4.79 Å². The summed E-state index contributed by atoms with van der Waals surface area (Å²) >= 11 is 0. The number of rotatable bonds is 2. The number of carbonyl (C=O) groups excluding carboxylic acids is 1. The molecule has 0 aromatic heterocycles. The van der Waals surface area contributed by atoms with Crippen LogP contribution in [-0.4, -0.2) is 16.1 Å². The monoisotopic (exact) mass is 243 g/mol. The summed E-state index contributed by atoms with van der Waals surface area (Å²) in [4.78, 5) is 11.9. The number of phenolic OH excluding ortho intramolecular Hbond substituents is 2. The van der Waals surface area contributed by atoms with E-state index in [1.807, 2.05) is 19.1 Å². The largest absolute Gasteiger partial charge is 0.508 e. The van der Waals surface area contributed by atoms with Gasteiger partial charge in [0.1, 0.15) is 11.5 Å². The third kappa shape index (κ3) is 2.60. The van der Waals surface area contributed by atoms with E-state index in [-0.39, 0.29) is 23.1 Å². The van der Waals surface area contributed by atoms with Crippen molar-refractivity contribution in [1.82, 2.24) is 0 Å². The van der Waals surface area contributed by atoms with Gasteiger partial charge in [-0.2, -0.15) is 0 Å². The van der Waals surface area contributed by atoms with Gasteiger partial charge in [-0.05, 0) is 31.2 Å². The fourth-order valence-electron chi connectivity index (χ4n) is 1.52. The van der Waals surface area contributed by atoms with Gasteiger partial charge in [-0.25, -0.2) is 0 Å². The van der Waals surface area contributed by atoms with E-state index in [9.17, 15) is 15.0 Å². The van der Waals surface area contributed by atoms with Crippen molar-refractivity contribution in [3.05, 3.63) is 53.6 Å². The van der Waals surface area contributed by atoms with Gasteiger partial charge < -0.3 is 15.5 Å². The first-order valence-corrected chi connectivity index (χ1v) is 5.46. The molecule has 0 saturated carbocycles. The van der Waals surface area contributed by atoms with Crippen LogP contribution in [-0.2, 0) is 0 Å². The van der Waals surface area contributed by atoms with Crippen molar-refractivity contribution < 1.29 is 15.0 Å². The average molecular weight is 243 g/mol. The Kier molecular flexibility index (Phi) is 3.19. The number of hydrogen-bond donors (Lipinski definition) is 3. The summed E-state index contributed by atoms with van der Waals surface area (Å²) in [6, 6.07) is 11.0. The van der Waals surface area contributed by atoms with Crippen LogP contribution in [0.15, 0.2) is 42.5 Å². The van der Waals surface area contributed by atoms with Crippen molar-refractivity contribution in [3.63, 3.8) is 0 Å². The molecule has 0 radical (unpaired) electrons. The lowest BCUT2D eigenvalue weighted by Crippen LogP contribution is -2.11. The van der Waals surface area contributed by atoms with Gasteiger partial charge in [0.05, 0.1) is 5.69 Å². The summed E-state index contributed by atoms with van der Waals surface area (Å²) in [6.07, 6.45) is 0. The van der Waals surface area contributed by atoms with Gasteiger partial charge in [0.25, 0.3) is 5.91 Å². The number of anilines is 1. The molecule has 1 amide bonds. The molecule has 0 heterocycles. The van der Waals surface area contributed by atoms with Crippen molar-refractivity contribution in [2.75, 3.05) is 5.32 Å². The number of benzene rings is 2. The number of nitrogens with one attached hydrogen (secondary N) is 1. The predicted octanol–water partition coefficient (Wildman–Crippen LogP) is 2.66. The first kappa shape index (κ1) is 12.0. The smallest absolute Gasteiger partial charge is 0.255 e. The summed E-state index contributed by atoms with van der Waals surface area (Å²) < 4.78 is 0. The highest BCUT2D eigenvalue weighted by Crippen LogP contribution is 2.27. The topological polar surface area (TPSA) is 69.6 Å². The SMILES string of the molecule is Cc1ccc(C(=O)Nc2cc(O)ccc2O)cc1. The molecule has 3 N–H and O–H groups in total. The van der Waals surface area contributed by atoms with E-state index in [1.165, 1.54) is 18.2 Å². The summed E-state index contributed by atoms with van der Waals surface area (Å²) in [5.41, 5.74) is 1.73. The number of hydrogen-bond acceptors (Lipinski definition) is 3. The molecular weight excluding hydrogens is 230 g/mol. The molecule has 0 aliphatic rings. The molecule has 2 aromatic carbocycles. The van der Waals surface area contributed by atoms with Crippen molar-refractivity contribution in [2.24, 2.45) is 0 Å². The fourth-order valence-corrected chi connectivity index (χ4v) is 1.52. The van der Waals surface area contributed by atoms with Gasteiger partial charge in [-0.1, -0.05) is 17.7 Å². The number of phenols is 2. The van der Waals surface area contributed by atoms with E-state index < -0.39 is 0 Å². The highest BCUT2D eigenvalue weighted by molar-refractivity contribution is 6.05. The van der Waals surface area contributed by atoms with Crippen molar-refractivity contribution in [2.45, 2.75) is 6.92 Å². The molecule has 0 atom stereocenters. The zero-order chi connectivity index (χ0) is 13.1. The first-order valence-electron chi connectivity index (χ1n) is 5.46. The minimum absolute atomic E-state index is 0.0213. The molecule has 18 heavy (non-hydrogen) atoms. The Labute approximate surface area is 105 Å². The summed E-state index contributed by atoms with van der Waals surface area (Å²) in [7, 11) is 0. The van der Waals surface area contributed by atoms with Crippen molar-refractivity contribution in [1.29, 1.82) is 0 Å². The van der Waals surface area contributed by atoms with Gasteiger partial charge in [0.15, 0.2) is 0 Å². The van der Waals surface area contributed by atoms with E-state index >= 15 is 0 Å². The highest BCUT2D eigenvalue weighted by atomic mass is 16.3. The van der Waals surface area contributed by atoms with Gasteiger partial charge in [0, 0.05) is 11.6 Å². The van der Waals surface area contributed by atoms with E-state index in [2.05, 4.69) is 5.32 Å². The number of aryl methyl sites for hydroxylation is 1. The van der Waals surface area contributed by atoms with Gasteiger partial charge in [-0.15, -0.1) is 0 Å². The molecule has 4 nitrogen and oxygen atoms in total. The Morgan fingerprint density at radius 3 is 2.39 bits per heavy atom. The van der Waals surface area contributed by atoms with E-state index in [0.717, 1.165) is 5.56 Å². The van der Waals surface area contributed by atoms with E-state index in [4.69, 9.17) is 0 Å². The average Bonchev–Trinajstić information content (AvgIpc) is 2.34. The molecule has 0 aliphatic heterocycles. The molecule has 2 rings (SSSR count). The van der Waals surface area contributed by atoms with Crippen molar-refractivity contribution in [3.8, 4) is 11.5 Å². The maximum atomic E-state index is 11.9. The summed E-state index contributed by atoms with van der Waals surface area (Å²) in [6.45, 7) is 1.93. The molecular formula is C14H13NO3. The molecule has 0 bridgehead atoms. The second-order valence-corrected chi connectivity index (χ2v) is 4.02. The lowest BCUT2D eigenvalue weighted by atomic mass is 10.1. The van der Waals surface area contributed by atoms with Crippen LogP contribution in [0.3, 0.4) is 0 Å². The third-order valence-electron chi connectivity index (χ3n) is 2.54. The molecule has 0 spiro atoms. The Hall–Kier alpha value is -2.49. The van der Waals surface area contributed by atoms with Crippen LogP contribution in [0, 0.1) is 6.92 Å². The van der Waals surface area contributed by atoms with Crippen LogP contribution in [0.5, 0.6) is 11.5 Å². The Morgan fingerprint density at radius 2 is 1.72 bits per heavy atom. The standard InChI is InChI=1S/C14H13NO3/c1-9-2-4-10(5-3-9)14(18)15-12-8-11(16)6-7-13(12)17/h2-8,16-17H,1H3,(H,15,18). The van der Waals surface area contributed by atoms with Crippen LogP contribution in [0.4, 0.5) is 5.69 Å². The van der Waals surface area contributed by atoms with Gasteiger partial charge in [0.2, 0.25) is 0 Å². The van der Waals surface area contributed by atoms with E-state index in [1.54, 1.807) is 12.1 Å². The minimum Gasteiger partial charge on any atom is -0.508 e. The minimum atomic E-state index is -0.337. The Bertz CT molecular complexity index is 576. The summed E-state index contributed by atoms with van der Waals surface area (Å²) in [5, 5.41) is 21.4. The molecule has 2 aromatic rings. The zero-order valence-corrected chi connectivity index (χ0v) is 9.84. The number of amides is 1. The quantitative estimate of drug-likeness (QED) is 0.561. The van der Waals surface area contributed by atoms with Crippen LogP contribution in [0.2, 0.25) is 0 Å². The number of carbonyl (C=O) groups is 1. The maximum absolute atomic E-state index is 11.9. The molecule has 4 heteroatoms. The molecule has 0 unspecified atom stereocenters. The van der Waals surface area contributed by atoms with Gasteiger partial charge >= 0.3 is 0 Å². The summed E-state index contributed by atoms with van der Waals surface area (Å²) in [5.74, 6) is -0.448. The lowest BCUT2D eigenvalue weighted by molar-refractivity contribution is 0.102. The highest BCUT2D eigenvalue weighted by Gasteiger charge is 2.09. The first-order chi connectivity index (χ1) is 8.56. The number of aromatic hydroxyl groups is 2. The Balaban J connectivity index is 2.21. The second-order valence-electron chi connectivity index (χ2n) is 4.02. The van der Waals surface area contributed by atoms with Crippen LogP contribution in [0.1, 0.15) is 15.9 Å². The molecule has 92 valence electrons. The fraction of sp³-hybridized carbons (Fsp3) is 0.0714. The zero-order valence-electron chi connectivity index (χ0n) is 9.84. The lowest BCUT2D eigenvalue weighted by Gasteiger charge is -2.07. The Morgan fingerprint density at radius 1 is 1.06 bits per heavy atom. The van der Waals surface area contributed by atoms with E-state index in [0.29, 0.717) is 5.56 Å². The van der Waals surface area contributed by atoms with Crippen LogP contribution in [0.25, 0.3) is 0 Å². The van der Waals surface area contributed by atoms with Crippen LogP contribution < -0.4 is 5.32 Å². The normalized spacial score (nSPS) is 10.1. The molecule has 0 fully saturated rings.